The van der Waals surface area contributed by atoms with Gasteiger partial charge in [-0.3, -0.25) is 9.69 Å². The van der Waals surface area contributed by atoms with E-state index in [0.717, 1.165) is 53.2 Å². The van der Waals surface area contributed by atoms with E-state index < -0.39 is 0 Å². The van der Waals surface area contributed by atoms with E-state index in [1.165, 1.54) is 0 Å². The summed E-state index contributed by atoms with van der Waals surface area (Å²) in [5.41, 5.74) is 2.60. The fraction of sp³-hybridized carbons (Fsp3) is 0.409. The maximum absolute atomic E-state index is 11.9. The largest absolute Gasteiger partial charge is 0.508 e. The molecule has 5 heterocycles. The van der Waals surface area contributed by atoms with Gasteiger partial charge in [0.15, 0.2) is 11.6 Å². The number of hydrogen-bond donors (Lipinski definition) is 1. The van der Waals surface area contributed by atoms with Gasteiger partial charge >= 0.3 is 5.97 Å². The number of aromatic nitrogens is 2. The molecule has 160 valence electrons. The Morgan fingerprint density at radius 1 is 1.19 bits per heavy atom. The molecule has 2 aromatic heterocycles. The van der Waals surface area contributed by atoms with Crippen molar-refractivity contribution < 1.29 is 19.4 Å². The average molecular weight is 439 g/mol. The number of thiophene rings is 1. The molecule has 0 saturated carbocycles. The van der Waals surface area contributed by atoms with Gasteiger partial charge in [-0.15, -0.1) is 11.3 Å². The van der Waals surface area contributed by atoms with Gasteiger partial charge < -0.3 is 19.5 Å². The molecule has 31 heavy (non-hydrogen) atoms. The van der Waals surface area contributed by atoms with Crippen molar-refractivity contribution in [2.75, 3.05) is 37.7 Å². The second-order valence-corrected chi connectivity index (χ2v) is 9.15. The second-order valence-electron chi connectivity index (χ2n) is 8.23. The maximum Gasteiger partial charge on any atom is 0.323 e. The first-order chi connectivity index (χ1) is 15.1. The van der Waals surface area contributed by atoms with Crippen LogP contribution in [0.25, 0.3) is 21.6 Å². The van der Waals surface area contributed by atoms with E-state index in [2.05, 4.69) is 9.80 Å². The molecule has 0 spiro atoms. The molecule has 3 fully saturated rings. The Morgan fingerprint density at radius 3 is 2.87 bits per heavy atom. The van der Waals surface area contributed by atoms with Gasteiger partial charge in [-0.1, -0.05) is 0 Å². The van der Waals surface area contributed by atoms with Crippen LogP contribution in [-0.4, -0.2) is 70.9 Å². The van der Waals surface area contributed by atoms with E-state index in [0.29, 0.717) is 25.6 Å². The molecule has 1 N–H and O–H groups in total. The van der Waals surface area contributed by atoms with Crippen molar-refractivity contribution in [1.82, 2.24) is 14.9 Å². The van der Waals surface area contributed by atoms with Crippen molar-refractivity contribution in [1.29, 1.82) is 0 Å². The van der Waals surface area contributed by atoms with E-state index in [4.69, 9.17) is 19.4 Å². The first-order valence-electron chi connectivity index (χ1n) is 10.5. The number of nitrogens with zero attached hydrogens (tertiary/aromatic N) is 4. The number of phenolic OH excluding ortho intramolecular Hbond substituents is 1. The van der Waals surface area contributed by atoms with Crippen molar-refractivity contribution in [3.8, 4) is 17.1 Å². The van der Waals surface area contributed by atoms with Crippen LogP contribution in [0, 0.1) is 0 Å². The highest BCUT2D eigenvalue weighted by Gasteiger charge is 2.46. The third-order valence-corrected chi connectivity index (χ3v) is 7.04. The van der Waals surface area contributed by atoms with Gasteiger partial charge in [0.25, 0.3) is 0 Å². The number of aromatic hydroxyl groups is 1. The third-order valence-electron chi connectivity index (χ3n) is 6.14. The number of hydrogen-bond acceptors (Lipinski definition) is 9. The maximum atomic E-state index is 11.9. The van der Waals surface area contributed by atoms with Crippen LogP contribution in [0.4, 0.5) is 5.82 Å². The zero-order valence-electron chi connectivity index (χ0n) is 16.9. The molecule has 0 unspecified atom stereocenters. The predicted molar refractivity (Wildman–Crippen MR) is 116 cm³/mol. The van der Waals surface area contributed by atoms with Crippen LogP contribution in [0.2, 0.25) is 0 Å². The van der Waals surface area contributed by atoms with Gasteiger partial charge in [-0.2, -0.15) is 0 Å². The molecule has 0 radical (unpaired) electrons. The Labute approximate surface area is 183 Å². The Morgan fingerprint density at radius 2 is 2.06 bits per heavy atom. The first kappa shape index (κ1) is 19.0. The van der Waals surface area contributed by atoms with Crippen LogP contribution in [0.1, 0.15) is 12.0 Å². The molecular weight excluding hydrogens is 416 g/mol. The van der Waals surface area contributed by atoms with Crippen LogP contribution in [0.5, 0.6) is 5.75 Å². The fourth-order valence-corrected chi connectivity index (χ4v) is 5.55. The summed E-state index contributed by atoms with van der Waals surface area (Å²) >= 11 is 1.64. The van der Waals surface area contributed by atoms with Gasteiger partial charge in [-0.25, -0.2) is 9.97 Å². The van der Waals surface area contributed by atoms with Gasteiger partial charge in [0.05, 0.1) is 23.4 Å². The Bertz CT molecular complexity index is 1160. The molecule has 0 amide bonds. The Balaban J connectivity index is 1.35. The summed E-state index contributed by atoms with van der Waals surface area (Å²) in [6, 6.07) is 7.28. The predicted octanol–water partition coefficient (Wildman–Crippen LogP) is 2.40. The van der Waals surface area contributed by atoms with E-state index in [1.807, 2.05) is 17.5 Å². The lowest BCUT2D eigenvalue weighted by atomic mass is 10.1. The van der Waals surface area contributed by atoms with Crippen LogP contribution < -0.4 is 4.90 Å². The fourth-order valence-electron chi connectivity index (χ4n) is 4.71. The molecule has 2 atom stereocenters. The van der Waals surface area contributed by atoms with Crippen molar-refractivity contribution in [3.05, 3.63) is 35.2 Å². The number of anilines is 1. The lowest BCUT2D eigenvalue weighted by Gasteiger charge is -2.28. The van der Waals surface area contributed by atoms with Crippen LogP contribution >= 0.6 is 11.3 Å². The van der Waals surface area contributed by atoms with E-state index in [9.17, 15) is 9.90 Å². The van der Waals surface area contributed by atoms with Crippen molar-refractivity contribution >= 4 is 33.3 Å². The minimum absolute atomic E-state index is 0.00492. The topological polar surface area (TPSA) is 88.0 Å². The zero-order valence-corrected chi connectivity index (χ0v) is 17.7. The van der Waals surface area contributed by atoms with Gasteiger partial charge in [0.1, 0.15) is 17.9 Å². The molecule has 3 aliphatic heterocycles. The van der Waals surface area contributed by atoms with Crippen LogP contribution in [0.3, 0.4) is 0 Å². The molecule has 3 saturated heterocycles. The molecule has 0 aliphatic carbocycles. The summed E-state index contributed by atoms with van der Waals surface area (Å²) in [4.78, 5) is 26.0. The van der Waals surface area contributed by atoms with E-state index in [1.54, 1.807) is 23.5 Å². The molecule has 1 aromatic carbocycles. The quantitative estimate of drug-likeness (QED) is 0.622. The van der Waals surface area contributed by atoms with Crippen LogP contribution in [-0.2, 0) is 20.8 Å². The van der Waals surface area contributed by atoms with Gasteiger partial charge in [-0.05, 0) is 35.2 Å². The highest BCUT2D eigenvalue weighted by atomic mass is 32.1. The smallest absolute Gasteiger partial charge is 0.323 e. The average Bonchev–Trinajstić information content (AvgIpc) is 3.48. The highest BCUT2D eigenvalue weighted by Crippen LogP contribution is 2.34. The summed E-state index contributed by atoms with van der Waals surface area (Å²) in [5.74, 6) is 1.54. The summed E-state index contributed by atoms with van der Waals surface area (Å²) in [5, 5.41) is 12.4. The van der Waals surface area contributed by atoms with Crippen molar-refractivity contribution in [2.24, 2.45) is 0 Å². The first-order valence-corrected chi connectivity index (χ1v) is 11.4. The number of morpholine rings is 2. The van der Waals surface area contributed by atoms with Crippen molar-refractivity contribution in [2.45, 2.75) is 25.1 Å². The van der Waals surface area contributed by atoms with Crippen molar-refractivity contribution in [3.63, 3.8) is 0 Å². The molecule has 3 aliphatic rings. The minimum Gasteiger partial charge on any atom is -0.508 e. The summed E-state index contributed by atoms with van der Waals surface area (Å²) in [6.45, 7) is 4.27. The molecule has 8 nitrogen and oxygen atoms in total. The van der Waals surface area contributed by atoms with Gasteiger partial charge in [0, 0.05) is 38.2 Å². The lowest BCUT2D eigenvalue weighted by molar-refractivity contribution is -0.151. The second kappa shape index (κ2) is 7.44. The Hall–Kier alpha value is -2.75. The number of ether oxygens (including phenoxy) is 2. The zero-order chi connectivity index (χ0) is 20.9. The van der Waals surface area contributed by atoms with Crippen LogP contribution in [0.15, 0.2) is 29.6 Å². The number of benzene rings is 1. The number of carbonyl (C=O) groups is 1. The molecule has 2 bridgehead atoms. The molecular formula is C22H22N4O4S. The highest BCUT2D eigenvalue weighted by molar-refractivity contribution is 7.17. The van der Waals surface area contributed by atoms with E-state index >= 15 is 0 Å². The number of fused-ring (bicyclic) bond motifs is 3. The summed E-state index contributed by atoms with van der Waals surface area (Å²) in [7, 11) is 0. The number of rotatable bonds is 4. The number of carbonyl (C=O) groups excluding carboxylic acids is 1. The Kier molecular flexibility index (Phi) is 4.55. The standard InChI is InChI=1S/C22H22N4O4S/c27-15-8-13(11-26-12-16-10-18(26)22(28)30-16)7-14(9-15)20-23-17-1-6-31-19(17)21(24-20)25-2-4-29-5-3-25/h1,6-9,16,18,27H,2-5,10-12H2/t16-,18-/m1/s1. The summed E-state index contributed by atoms with van der Waals surface area (Å²) < 4.78 is 11.9. The summed E-state index contributed by atoms with van der Waals surface area (Å²) in [6.07, 6.45) is 0.750. The molecule has 3 aromatic rings. The molecule has 6 rings (SSSR count). The SMILES string of the molecule is O=C1O[C@@H]2C[C@H]1N(Cc1cc(O)cc(-c3nc(N4CCOCC4)c4sccc4n3)c1)C2. The monoisotopic (exact) mass is 438 g/mol. The van der Waals surface area contributed by atoms with Gasteiger partial charge in [0.2, 0.25) is 0 Å². The number of likely N-dealkylation sites (tertiary alicyclic amines) is 1. The lowest BCUT2D eigenvalue weighted by Crippen LogP contribution is -2.39. The number of phenols is 1. The molecule has 9 heteroatoms. The number of esters is 1. The minimum atomic E-state index is -0.179. The third kappa shape index (κ3) is 3.42. The van der Waals surface area contributed by atoms with E-state index in [-0.39, 0.29) is 23.9 Å². The normalized spacial score (nSPS) is 23.6.